The molecule has 31 heavy (non-hydrogen) atoms. The highest BCUT2D eigenvalue weighted by molar-refractivity contribution is 5.46. The normalized spacial score (nSPS) is 26.5. The molecular formula is C27H42N2O2. The zero-order valence-corrected chi connectivity index (χ0v) is 19.9. The Bertz CT molecular complexity index is 738. The smallest absolute Gasteiger partial charge is 0.0761 e. The third kappa shape index (κ3) is 6.93. The van der Waals surface area contributed by atoms with Crippen LogP contribution >= 0.6 is 0 Å². The molecule has 4 heteroatoms. The van der Waals surface area contributed by atoms with Crippen molar-refractivity contribution in [1.29, 1.82) is 0 Å². The number of benzene rings is 1. The molecule has 1 aromatic rings. The number of hydrogen-bond donors (Lipinski definition) is 2. The summed E-state index contributed by atoms with van der Waals surface area (Å²) in [6.45, 7) is 1.17. The molecule has 4 nitrogen and oxygen atoms in total. The van der Waals surface area contributed by atoms with Gasteiger partial charge in [0.25, 0.3) is 0 Å². The second-order valence-electron chi connectivity index (χ2n) is 10.1. The van der Waals surface area contributed by atoms with Gasteiger partial charge in [-0.2, -0.15) is 0 Å². The number of aliphatic hydroxyl groups excluding tert-OH is 2. The van der Waals surface area contributed by atoms with E-state index in [1.807, 2.05) is 20.2 Å². The quantitative estimate of drug-likeness (QED) is 0.410. The predicted molar refractivity (Wildman–Crippen MR) is 130 cm³/mol. The second-order valence-corrected chi connectivity index (χ2v) is 10.1. The molecule has 2 aliphatic carbocycles. The van der Waals surface area contributed by atoms with Crippen molar-refractivity contribution in [3.8, 4) is 0 Å². The average molecular weight is 427 g/mol. The van der Waals surface area contributed by atoms with E-state index in [2.05, 4.69) is 60.3 Å². The Morgan fingerprint density at radius 3 is 2.48 bits per heavy atom. The minimum absolute atomic E-state index is 0.165. The SMILES string of the molecule is CN(C)CCCCCC1=C[C@H]2C[C@@H](O)[C@H](C=C[C@H](O)Cc3ccc(N(C)C)cc3)[C@H]2C1. The fourth-order valence-electron chi connectivity index (χ4n) is 5.24. The van der Waals surface area contributed by atoms with E-state index in [0.717, 1.165) is 24.1 Å². The zero-order chi connectivity index (χ0) is 22.4. The van der Waals surface area contributed by atoms with Gasteiger partial charge in [-0.15, -0.1) is 0 Å². The van der Waals surface area contributed by atoms with E-state index >= 15 is 0 Å². The summed E-state index contributed by atoms with van der Waals surface area (Å²) < 4.78 is 0. The lowest BCUT2D eigenvalue weighted by Crippen LogP contribution is -2.18. The molecule has 0 aliphatic heterocycles. The van der Waals surface area contributed by atoms with Crippen LogP contribution < -0.4 is 4.90 Å². The van der Waals surface area contributed by atoms with Gasteiger partial charge in [0.1, 0.15) is 0 Å². The van der Waals surface area contributed by atoms with Crippen LogP contribution in [0.1, 0.15) is 44.1 Å². The van der Waals surface area contributed by atoms with Crippen molar-refractivity contribution in [2.45, 2.75) is 57.2 Å². The summed E-state index contributed by atoms with van der Waals surface area (Å²) in [5.74, 6) is 1.19. The van der Waals surface area contributed by atoms with Gasteiger partial charge in [-0.05, 0) is 82.3 Å². The van der Waals surface area contributed by atoms with Crippen molar-refractivity contribution in [2.24, 2.45) is 17.8 Å². The van der Waals surface area contributed by atoms with E-state index in [9.17, 15) is 10.2 Å². The minimum Gasteiger partial charge on any atom is -0.392 e. The fraction of sp³-hybridized carbons (Fsp3) is 0.630. The largest absolute Gasteiger partial charge is 0.392 e. The van der Waals surface area contributed by atoms with Gasteiger partial charge < -0.3 is 20.0 Å². The molecular weight excluding hydrogens is 384 g/mol. The fourth-order valence-corrected chi connectivity index (χ4v) is 5.24. The van der Waals surface area contributed by atoms with Gasteiger partial charge in [0, 0.05) is 32.1 Å². The number of hydrogen-bond acceptors (Lipinski definition) is 4. The molecule has 0 heterocycles. The number of unbranched alkanes of at least 4 members (excludes halogenated alkanes) is 2. The van der Waals surface area contributed by atoms with Gasteiger partial charge in [0.2, 0.25) is 0 Å². The highest BCUT2D eigenvalue weighted by atomic mass is 16.3. The highest BCUT2D eigenvalue weighted by Gasteiger charge is 2.43. The zero-order valence-electron chi connectivity index (χ0n) is 19.9. The van der Waals surface area contributed by atoms with Crippen molar-refractivity contribution < 1.29 is 10.2 Å². The Kier molecular flexibility index (Phi) is 8.76. The maximum atomic E-state index is 10.6. The molecule has 2 aliphatic rings. The van der Waals surface area contributed by atoms with E-state index in [0.29, 0.717) is 18.3 Å². The van der Waals surface area contributed by atoms with E-state index in [-0.39, 0.29) is 12.0 Å². The summed E-state index contributed by atoms with van der Waals surface area (Å²) >= 11 is 0. The molecule has 2 N–H and O–H groups in total. The van der Waals surface area contributed by atoms with Gasteiger partial charge in [0.15, 0.2) is 0 Å². The molecule has 0 aromatic heterocycles. The first-order chi connectivity index (χ1) is 14.8. The summed E-state index contributed by atoms with van der Waals surface area (Å²) in [6, 6.07) is 8.34. The van der Waals surface area contributed by atoms with Gasteiger partial charge >= 0.3 is 0 Å². The van der Waals surface area contributed by atoms with E-state index in [1.165, 1.54) is 32.2 Å². The maximum Gasteiger partial charge on any atom is 0.0761 e. The lowest BCUT2D eigenvalue weighted by atomic mass is 9.88. The third-order valence-corrected chi connectivity index (χ3v) is 7.01. The highest BCUT2D eigenvalue weighted by Crippen LogP contribution is 2.48. The molecule has 1 aromatic carbocycles. The molecule has 0 unspecified atom stereocenters. The van der Waals surface area contributed by atoms with Crippen LogP contribution in [0.25, 0.3) is 0 Å². The molecule has 0 bridgehead atoms. The Labute approximate surface area is 189 Å². The van der Waals surface area contributed by atoms with E-state index in [4.69, 9.17) is 0 Å². The summed E-state index contributed by atoms with van der Waals surface area (Å²) in [5.41, 5.74) is 3.88. The second kappa shape index (κ2) is 11.3. The Balaban J connectivity index is 1.46. The predicted octanol–water partition coefficient (Wildman–Crippen LogP) is 4.28. The van der Waals surface area contributed by atoms with Crippen molar-refractivity contribution in [1.82, 2.24) is 4.90 Å². The summed E-state index contributed by atoms with van der Waals surface area (Å²) in [5, 5.41) is 21.1. The molecule has 1 saturated carbocycles. The Morgan fingerprint density at radius 2 is 1.81 bits per heavy atom. The Morgan fingerprint density at radius 1 is 1.06 bits per heavy atom. The molecule has 5 atom stereocenters. The number of allylic oxidation sites excluding steroid dienone is 2. The number of rotatable bonds is 11. The molecule has 0 amide bonds. The molecule has 3 rings (SSSR count). The van der Waals surface area contributed by atoms with Crippen molar-refractivity contribution >= 4 is 5.69 Å². The lowest BCUT2D eigenvalue weighted by molar-refractivity contribution is 0.140. The van der Waals surface area contributed by atoms with Gasteiger partial charge in [-0.25, -0.2) is 0 Å². The van der Waals surface area contributed by atoms with Crippen molar-refractivity contribution in [2.75, 3.05) is 39.6 Å². The van der Waals surface area contributed by atoms with Gasteiger partial charge in [-0.1, -0.05) is 42.4 Å². The van der Waals surface area contributed by atoms with E-state index < -0.39 is 6.10 Å². The molecule has 0 radical (unpaired) electrons. The topological polar surface area (TPSA) is 46.9 Å². The molecule has 0 spiro atoms. The van der Waals surface area contributed by atoms with E-state index in [1.54, 1.807) is 5.57 Å². The Hall–Kier alpha value is -1.62. The average Bonchev–Trinajstić information content (AvgIpc) is 3.22. The maximum absolute atomic E-state index is 10.6. The first-order valence-corrected chi connectivity index (χ1v) is 12.0. The molecule has 0 saturated heterocycles. The molecule has 1 fully saturated rings. The van der Waals surface area contributed by atoms with Crippen molar-refractivity contribution in [3.05, 3.63) is 53.6 Å². The van der Waals surface area contributed by atoms with Crippen LogP contribution in [0, 0.1) is 17.8 Å². The van der Waals surface area contributed by atoms with Crippen LogP contribution in [0.2, 0.25) is 0 Å². The van der Waals surface area contributed by atoms with Crippen LogP contribution in [-0.4, -0.2) is 62.1 Å². The number of aliphatic hydroxyl groups is 2. The van der Waals surface area contributed by atoms with Crippen LogP contribution in [0.4, 0.5) is 5.69 Å². The minimum atomic E-state index is -0.512. The van der Waals surface area contributed by atoms with Crippen LogP contribution in [0.15, 0.2) is 48.1 Å². The van der Waals surface area contributed by atoms with Crippen LogP contribution in [0.3, 0.4) is 0 Å². The first-order valence-electron chi connectivity index (χ1n) is 12.0. The number of anilines is 1. The van der Waals surface area contributed by atoms with Crippen molar-refractivity contribution in [3.63, 3.8) is 0 Å². The third-order valence-electron chi connectivity index (χ3n) is 7.01. The van der Waals surface area contributed by atoms with Crippen LogP contribution in [-0.2, 0) is 6.42 Å². The van der Waals surface area contributed by atoms with Gasteiger partial charge in [0.05, 0.1) is 12.2 Å². The lowest BCUT2D eigenvalue weighted by Gasteiger charge is -2.19. The number of nitrogens with zero attached hydrogens (tertiary/aromatic N) is 2. The van der Waals surface area contributed by atoms with Crippen LogP contribution in [0.5, 0.6) is 0 Å². The summed E-state index contributed by atoms with van der Waals surface area (Å²) in [6.07, 6.45) is 13.3. The molecule has 172 valence electrons. The van der Waals surface area contributed by atoms with Gasteiger partial charge in [-0.3, -0.25) is 0 Å². The monoisotopic (exact) mass is 426 g/mol. The summed E-state index contributed by atoms with van der Waals surface area (Å²) in [4.78, 5) is 4.33. The standard InChI is InChI=1S/C27H42N2O2/c1-28(2)15-7-5-6-8-21-16-22-19-27(31)25(26(22)18-21)14-13-24(30)17-20-9-11-23(12-10-20)29(3)4/h9-14,16,22,24-27,30-31H,5-8,15,17-19H2,1-4H3/t22-,24-,25+,26-,27+/m0/s1. The number of fused-ring (bicyclic) bond motifs is 1. The summed E-state index contributed by atoms with van der Waals surface area (Å²) in [7, 11) is 8.33. The first kappa shape index (κ1) is 24.0.